The number of thioether (sulfide) groups is 1. The fraction of sp³-hybridized carbons (Fsp3) is 0.625. The van der Waals surface area contributed by atoms with Gasteiger partial charge in [0.25, 0.3) is 0 Å². The Kier molecular flexibility index (Phi) is 4.05. The number of hydrogen-bond donors (Lipinski definition) is 1. The van der Waals surface area contributed by atoms with Gasteiger partial charge in [-0.05, 0) is 6.92 Å². The molecular weight excluding hydrogens is 188 g/mol. The second-order valence-electron chi connectivity index (χ2n) is 2.70. The van der Waals surface area contributed by atoms with Crippen LogP contribution in [0.15, 0.2) is 6.20 Å². The van der Waals surface area contributed by atoms with E-state index in [4.69, 9.17) is 5.73 Å². The van der Waals surface area contributed by atoms with E-state index in [1.54, 1.807) is 11.3 Å². The standard InChI is InChI=1S/C8H14N2S2/c1-6(3-9)11-5-8-4-10-7(2)12-8/h4,6H,3,5,9H2,1-2H3. The van der Waals surface area contributed by atoms with Gasteiger partial charge >= 0.3 is 0 Å². The van der Waals surface area contributed by atoms with Gasteiger partial charge in [-0.3, -0.25) is 0 Å². The SMILES string of the molecule is Cc1ncc(CSC(C)CN)s1. The Morgan fingerprint density at radius 2 is 2.50 bits per heavy atom. The van der Waals surface area contributed by atoms with Gasteiger partial charge in [0.2, 0.25) is 0 Å². The van der Waals surface area contributed by atoms with E-state index >= 15 is 0 Å². The molecule has 0 aromatic carbocycles. The molecular formula is C8H14N2S2. The molecule has 2 N–H and O–H groups in total. The molecule has 1 aromatic rings. The van der Waals surface area contributed by atoms with Crippen LogP contribution in [0.1, 0.15) is 16.8 Å². The summed E-state index contributed by atoms with van der Waals surface area (Å²) < 4.78 is 0. The van der Waals surface area contributed by atoms with Gasteiger partial charge < -0.3 is 5.73 Å². The molecule has 1 aromatic heterocycles. The fourth-order valence-electron chi connectivity index (χ4n) is 0.764. The van der Waals surface area contributed by atoms with Gasteiger partial charge in [0.05, 0.1) is 5.01 Å². The molecule has 68 valence electrons. The Bertz CT molecular complexity index is 235. The highest BCUT2D eigenvalue weighted by molar-refractivity contribution is 7.99. The molecule has 0 aliphatic rings. The third-order valence-corrected chi connectivity index (χ3v) is 3.85. The summed E-state index contributed by atoms with van der Waals surface area (Å²) in [6.07, 6.45) is 1.95. The van der Waals surface area contributed by atoms with Gasteiger partial charge in [-0.15, -0.1) is 11.3 Å². The molecule has 1 rings (SSSR count). The molecule has 0 radical (unpaired) electrons. The maximum Gasteiger partial charge on any atom is 0.0897 e. The Labute approximate surface area is 81.6 Å². The highest BCUT2D eigenvalue weighted by atomic mass is 32.2. The van der Waals surface area contributed by atoms with Gasteiger partial charge in [-0.25, -0.2) is 4.98 Å². The van der Waals surface area contributed by atoms with Gasteiger partial charge in [0, 0.05) is 28.6 Å². The van der Waals surface area contributed by atoms with Gasteiger partial charge in [-0.1, -0.05) is 6.92 Å². The van der Waals surface area contributed by atoms with Crippen molar-refractivity contribution in [2.75, 3.05) is 6.54 Å². The third-order valence-electron chi connectivity index (χ3n) is 1.51. The van der Waals surface area contributed by atoms with E-state index in [9.17, 15) is 0 Å². The molecule has 0 spiro atoms. The summed E-state index contributed by atoms with van der Waals surface area (Å²) in [7, 11) is 0. The summed E-state index contributed by atoms with van der Waals surface area (Å²) in [6, 6.07) is 0. The fourth-order valence-corrected chi connectivity index (χ4v) is 2.45. The Morgan fingerprint density at radius 3 is 3.00 bits per heavy atom. The van der Waals surface area contributed by atoms with Crippen molar-refractivity contribution in [2.24, 2.45) is 5.73 Å². The maximum absolute atomic E-state index is 5.51. The molecule has 0 saturated heterocycles. The topological polar surface area (TPSA) is 38.9 Å². The van der Waals surface area contributed by atoms with Crippen LogP contribution >= 0.6 is 23.1 Å². The summed E-state index contributed by atoms with van der Waals surface area (Å²) in [5, 5.41) is 1.69. The first-order valence-corrected chi connectivity index (χ1v) is 5.82. The molecule has 0 bridgehead atoms. The van der Waals surface area contributed by atoms with Crippen LogP contribution in [0.3, 0.4) is 0 Å². The number of hydrogen-bond acceptors (Lipinski definition) is 4. The van der Waals surface area contributed by atoms with Crippen molar-refractivity contribution in [1.82, 2.24) is 4.98 Å². The van der Waals surface area contributed by atoms with Crippen LogP contribution in [0.25, 0.3) is 0 Å². The van der Waals surface area contributed by atoms with E-state index in [0.29, 0.717) is 5.25 Å². The van der Waals surface area contributed by atoms with Gasteiger partial charge in [0.15, 0.2) is 0 Å². The quantitative estimate of drug-likeness (QED) is 0.812. The van der Waals surface area contributed by atoms with Crippen molar-refractivity contribution in [1.29, 1.82) is 0 Å². The van der Waals surface area contributed by atoms with Crippen LogP contribution in [0.4, 0.5) is 0 Å². The van der Waals surface area contributed by atoms with Crippen LogP contribution in [0.5, 0.6) is 0 Å². The van der Waals surface area contributed by atoms with Crippen LogP contribution < -0.4 is 5.73 Å². The molecule has 1 atom stereocenters. The molecule has 2 nitrogen and oxygen atoms in total. The number of aryl methyl sites for hydroxylation is 1. The van der Waals surface area contributed by atoms with Crippen molar-refractivity contribution < 1.29 is 0 Å². The average Bonchev–Trinajstić information content (AvgIpc) is 2.47. The Hall–Kier alpha value is -0.0600. The molecule has 0 fully saturated rings. The second kappa shape index (κ2) is 4.84. The van der Waals surface area contributed by atoms with E-state index in [0.717, 1.165) is 17.3 Å². The number of thiazole rings is 1. The van der Waals surface area contributed by atoms with Gasteiger partial charge in [-0.2, -0.15) is 11.8 Å². The Balaban J connectivity index is 2.33. The van der Waals surface area contributed by atoms with Crippen LogP contribution in [0.2, 0.25) is 0 Å². The summed E-state index contributed by atoms with van der Waals surface area (Å²) in [5.74, 6) is 1.05. The molecule has 1 unspecified atom stereocenters. The molecule has 0 aliphatic heterocycles. The summed E-state index contributed by atoms with van der Waals surface area (Å²) in [4.78, 5) is 5.54. The molecule has 12 heavy (non-hydrogen) atoms. The molecule has 0 saturated carbocycles. The zero-order valence-corrected chi connectivity index (χ0v) is 9.04. The lowest BCUT2D eigenvalue weighted by atomic mass is 10.5. The molecule has 4 heteroatoms. The van der Waals surface area contributed by atoms with E-state index in [-0.39, 0.29) is 0 Å². The third kappa shape index (κ3) is 3.13. The normalized spacial score (nSPS) is 13.2. The summed E-state index contributed by atoms with van der Waals surface area (Å²) in [6.45, 7) is 4.94. The molecule has 0 aliphatic carbocycles. The van der Waals surface area contributed by atoms with Crippen LogP contribution in [0, 0.1) is 6.92 Å². The Morgan fingerprint density at radius 1 is 1.75 bits per heavy atom. The van der Waals surface area contributed by atoms with Crippen molar-refractivity contribution >= 4 is 23.1 Å². The number of rotatable bonds is 4. The first-order valence-electron chi connectivity index (χ1n) is 3.95. The monoisotopic (exact) mass is 202 g/mol. The smallest absolute Gasteiger partial charge is 0.0897 e. The first kappa shape index (κ1) is 10.0. The summed E-state index contributed by atoms with van der Waals surface area (Å²) >= 11 is 3.66. The zero-order chi connectivity index (χ0) is 8.97. The minimum atomic E-state index is 0.549. The summed E-state index contributed by atoms with van der Waals surface area (Å²) in [5.41, 5.74) is 5.51. The maximum atomic E-state index is 5.51. The number of nitrogens with two attached hydrogens (primary N) is 1. The predicted octanol–water partition coefficient (Wildman–Crippen LogP) is 2.03. The number of nitrogens with zero attached hydrogens (tertiary/aromatic N) is 1. The highest BCUT2D eigenvalue weighted by Crippen LogP contribution is 2.21. The number of aromatic nitrogens is 1. The van der Waals surface area contributed by atoms with Gasteiger partial charge in [0.1, 0.15) is 0 Å². The predicted molar refractivity (Wildman–Crippen MR) is 56.7 cm³/mol. The van der Waals surface area contributed by atoms with E-state index in [1.165, 1.54) is 4.88 Å². The average molecular weight is 202 g/mol. The molecule has 1 heterocycles. The van der Waals surface area contributed by atoms with Crippen molar-refractivity contribution in [3.05, 3.63) is 16.1 Å². The van der Waals surface area contributed by atoms with E-state index in [2.05, 4.69) is 11.9 Å². The molecule has 0 amide bonds. The minimum Gasteiger partial charge on any atom is -0.329 e. The van der Waals surface area contributed by atoms with Crippen molar-refractivity contribution in [2.45, 2.75) is 24.9 Å². The zero-order valence-electron chi connectivity index (χ0n) is 7.41. The minimum absolute atomic E-state index is 0.549. The highest BCUT2D eigenvalue weighted by Gasteiger charge is 2.02. The van der Waals surface area contributed by atoms with Crippen molar-refractivity contribution in [3.63, 3.8) is 0 Å². The van der Waals surface area contributed by atoms with Crippen molar-refractivity contribution in [3.8, 4) is 0 Å². The lowest BCUT2D eigenvalue weighted by Gasteiger charge is -2.05. The lowest BCUT2D eigenvalue weighted by Crippen LogP contribution is -2.12. The van der Waals surface area contributed by atoms with E-state index in [1.807, 2.05) is 24.9 Å². The largest absolute Gasteiger partial charge is 0.329 e. The van der Waals surface area contributed by atoms with Crippen LogP contribution in [-0.4, -0.2) is 16.8 Å². The van der Waals surface area contributed by atoms with E-state index < -0.39 is 0 Å². The second-order valence-corrected chi connectivity index (χ2v) is 5.45. The first-order chi connectivity index (χ1) is 5.72. The van der Waals surface area contributed by atoms with Crippen LogP contribution in [-0.2, 0) is 5.75 Å². The lowest BCUT2D eigenvalue weighted by molar-refractivity contribution is 0.951.